The molecule has 0 bridgehead atoms. The van der Waals surface area contributed by atoms with E-state index in [-0.39, 0.29) is 5.49 Å². The average molecular weight is 375 g/mol. The summed E-state index contributed by atoms with van der Waals surface area (Å²) in [6, 6.07) is 0. The van der Waals surface area contributed by atoms with Crippen LogP contribution in [0.15, 0.2) is 12.7 Å². The number of methoxy groups -OCH3 is 1. The Morgan fingerprint density at radius 2 is 2.08 bits per heavy atom. The fourth-order valence-corrected chi connectivity index (χ4v) is 3.39. The van der Waals surface area contributed by atoms with Crippen molar-refractivity contribution >= 4 is 19.0 Å². The summed E-state index contributed by atoms with van der Waals surface area (Å²) in [4.78, 5) is 26.6. The largest absolute Gasteiger partial charge is 0.470 e. The first kappa shape index (κ1) is 18.1. The molecule has 1 saturated heterocycles. The highest BCUT2D eigenvalue weighted by Gasteiger charge is 2.49. The Bertz CT molecular complexity index is 876. The predicted octanol–water partition coefficient (Wildman–Crippen LogP) is -1.37. The molecule has 3 heterocycles. The van der Waals surface area contributed by atoms with Crippen LogP contribution in [0.25, 0.3) is 11.2 Å². The maximum atomic E-state index is 11.2. The SMILES string of the molecule is CO[C@@H]1[C@H](OP(=O)(O)O)[C@@H](CO)O[C@H]1n1cnc2c(=N)n(C)cnc21. The normalized spacial score (nSPS) is 27.2. The molecule has 1 aliphatic heterocycles. The quantitative estimate of drug-likeness (QED) is 0.461. The van der Waals surface area contributed by atoms with Gasteiger partial charge in [0.15, 0.2) is 17.4 Å². The second-order valence-corrected chi connectivity index (χ2v) is 6.73. The van der Waals surface area contributed by atoms with Gasteiger partial charge in [0, 0.05) is 14.2 Å². The fourth-order valence-electron chi connectivity index (χ4n) is 2.82. The molecule has 12 nitrogen and oxygen atoms in total. The van der Waals surface area contributed by atoms with Gasteiger partial charge in [-0.2, -0.15) is 0 Å². The van der Waals surface area contributed by atoms with E-state index in [1.807, 2.05) is 0 Å². The van der Waals surface area contributed by atoms with Gasteiger partial charge >= 0.3 is 7.82 Å². The van der Waals surface area contributed by atoms with Crippen LogP contribution in [0.4, 0.5) is 0 Å². The summed E-state index contributed by atoms with van der Waals surface area (Å²) in [5.74, 6) is 0. The summed E-state index contributed by atoms with van der Waals surface area (Å²) in [6.07, 6.45) is -1.23. The van der Waals surface area contributed by atoms with E-state index >= 15 is 0 Å². The van der Waals surface area contributed by atoms with E-state index in [2.05, 4.69) is 9.97 Å². The number of aliphatic hydroxyl groups excluding tert-OH is 1. The first-order chi connectivity index (χ1) is 11.8. The molecule has 0 radical (unpaired) electrons. The summed E-state index contributed by atoms with van der Waals surface area (Å²) in [5, 5.41) is 17.5. The molecule has 2 aromatic rings. The highest BCUT2D eigenvalue weighted by molar-refractivity contribution is 7.46. The number of fused-ring (bicyclic) bond motifs is 1. The fraction of sp³-hybridized carbons (Fsp3) is 0.583. The second-order valence-electron chi connectivity index (χ2n) is 5.54. The summed E-state index contributed by atoms with van der Waals surface area (Å²) < 4.78 is 29.9. The van der Waals surface area contributed by atoms with Crippen LogP contribution in [0.2, 0.25) is 0 Å². The third kappa shape index (κ3) is 3.25. The maximum absolute atomic E-state index is 11.2. The lowest BCUT2D eigenvalue weighted by Crippen LogP contribution is -2.36. The Labute approximate surface area is 141 Å². The van der Waals surface area contributed by atoms with Crippen molar-refractivity contribution in [2.75, 3.05) is 13.7 Å². The van der Waals surface area contributed by atoms with Gasteiger partial charge in [-0.15, -0.1) is 0 Å². The van der Waals surface area contributed by atoms with Crippen molar-refractivity contribution in [1.29, 1.82) is 5.41 Å². The molecule has 4 atom stereocenters. The molecule has 0 unspecified atom stereocenters. The van der Waals surface area contributed by atoms with E-state index in [0.29, 0.717) is 11.2 Å². The highest BCUT2D eigenvalue weighted by Crippen LogP contribution is 2.44. The smallest absolute Gasteiger partial charge is 0.394 e. The molecule has 138 valence electrons. The van der Waals surface area contributed by atoms with E-state index in [4.69, 9.17) is 29.2 Å². The average Bonchev–Trinajstić information content (AvgIpc) is 3.10. The van der Waals surface area contributed by atoms with Crippen molar-refractivity contribution in [3.8, 4) is 0 Å². The molecular weight excluding hydrogens is 357 g/mol. The van der Waals surface area contributed by atoms with E-state index in [0.717, 1.165) is 0 Å². The lowest BCUT2D eigenvalue weighted by Gasteiger charge is -2.23. The van der Waals surface area contributed by atoms with E-state index in [9.17, 15) is 9.67 Å². The third-order valence-corrected chi connectivity index (χ3v) is 4.49. The molecule has 1 aliphatic rings. The monoisotopic (exact) mass is 375 g/mol. The molecule has 0 amide bonds. The van der Waals surface area contributed by atoms with Crippen molar-refractivity contribution in [1.82, 2.24) is 19.1 Å². The number of hydrogen-bond acceptors (Lipinski definition) is 8. The van der Waals surface area contributed by atoms with Crippen molar-refractivity contribution in [3.63, 3.8) is 0 Å². The number of ether oxygens (including phenoxy) is 2. The van der Waals surface area contributed by atoms with Crippen LogP contribution >= 0.6 is 7.82 Å². The van der Waals surface area contributed by atoms with Crippen molar-refractivity contribution in [2.24, 2.45) is 7.05 Å². The van der Waals surface area contributed by atoms with Crippen LogP contribution in [-0.4, -0.2) is 66.0 Å². The van der Waals surface area contributed by atoms with Crippen LogP contribution in [0.5, 0.6) is 0 Å². The zero-order chi connectivity index (χ0) is 18.4. The van der Waals surface area contributed by atoms with Gasteiger partial charge in [-0.1, -0.05) is 0 Å². The minimum Gasteiger partial charge on any atom is -0.394 e. The van der Waals surface area contributed by atoms with Gasteiger partial charge < -0.3 is 28.9 Å². The van der Waals surface area contributed by atoms with Crippen LogP contribution in [0.3, 0.4) is 0 Å². The Morgan fingerprint density at radius 1 is 1.36 bits per heavy atom. The van der Waals surface area contributed by atoms with Crippen molar-refractivity contribution in [3.05, 3.63) is 18.1 Å². The molecular formula is C12H18N5O7P. The standard InChI is InChI=1S/C12H18N5O7P/c1-16-4-15-11-7(10(16)13)14-5-17(11)12-9(22-2)8(6(3-18)23-12)24-25(19,20)21/h4-6,8-9,12-13,18H,3H2,1-2H3,(H2,19,20,21)/t6-,8-,9-,12-/m1/s1. The van der Waals surface area contributed by atoms with Crippen LogP contribution in [0.1, 0.15) is 6.23 Å². The minimum atomic E-state index is -4.83. The first-order valence-electron chi connectivity index (χ1n) is 7.22. The van der Waals surface area contributed by atoms with E-state index in [1.54, 1.807) is 7.05 Å². The molecule has 1 fully saturated rings. The molecule has 0 aromatic carbocycles. The van der Waals surface area contributed by atoms with Gasteiger partial charge in [-0.05, 0) is 0 Å². The van der Waals surface area contributed by atoms with Crippen molar-refractivity contribution in [2.45, 2.75) is 24.5 Å². The summed E-state index contributed by atoms with van der Waals surface area (Å²) in [6.45, 7) is -0.528. The van der Waals surface area contributed by atoms with Gasteiger partial charge in [0.05, 0.1) is 19.3 Å². The maximum Gasteiger partial charge on any atom is 0.470 e. The molecule has 2 aromatic heterocycles. The highest BCUT2D eigenvalue weighted by atomic mass is 31.2. The van der Waals surface area contributed by atoms with Crippen molar-refractivity contribution < 1.29 is 33.5 Å². The van der Waals surface area contributed by atoms with Crippen LogP contribution in [0, 0.1) is 5.41 Å². The number of phosphoric acid groups is 1. The van der Waals surface area contributed by atoms with E-state index < -0.39 is 39.0 Å². The molecule has 13 heteroatoms. The van der Waals surface area contributed by atoms with E-state index in [1.165, 1.54) is 28.9 Å². The minimum absolute atomic E-state index is 0.137. The number of nitrogens with one attached hydrogen (secondary N) is 1. The lowest BCUT2D eigenvalue weighted by atomic mass is 10.1. The zero-order valence-electron chi connectivity index (χ0n) is 13.4. The van der Waals surface area contributed by atoms with Gasteiger partial charge in [0.1, 0.15) is 23.8 Å². The number of phosphoric ester groups is 1. The molecule has 4 N–H and O–H groups in total. The number of nitrogens with zero attached hydrogens (tertiary/aromatic N) is 4. The first-order valence-corrected chi connectivity index (χ1v) is 8.75. The molecule has 3 rings (SSSR count). The molecule has 0 aliphatic carbocycles. The molecule has 0 spiro atoms. The number of aromatic nitrogens is 4. The number of imidazole rings is 1. The number of aryl methyl sites for hydroxylation is 1. The number of rotatable bonds is 5. The summed E-state index contributed by atoms with van der Waals surface area (Å²) >= 11 is 0. The topological polar surface area (TPSA) is 165 Å². The van der Waals surface area contributed by atoms with Crippen LogP contribution < -0.4 is 5.49 Å². The number of hydrogen-bond donors (Lipinski definition) is 4. The Hall–Kier alpha value is -1.66. The zero-order valence-corrected chi connectivity index (χ0v) is 14.3. The van der Waals surface area contributed by atoms with Gasteiger partial charge in [-0.3, -0.25) is 14.5 Å². The Balaban J connectivity index is 2.03. The predicted molar refractivity (Wildman–Crippen MR) is 81.1 cm³/mol. The molecule has 25 heavy (non-hydrogen) atoms. The van der Waals surface area contributed by atoms with Gasteiger partial charge in [0.25, 0.3) is 0 Å². The van der Waals surface area contributed by atoms with Gasteiger partial charge in [-0.25, -0.2) is 14.5 Å². The Morgan fingerprint density at radius 3 is 2.68 bits per heavy atom. The van der Waals surface area contributed by atoms with Crippen LogP contribution in [-0.2, 0) is 25.6 Å². The third-order valence-electron chi connectivity index (χ3n) is 3.97. The summed E-state index contributed by atoms with van der Waals surface area (Å²) in [5.41, 5.74) is 0.796. The molecule has 0 saturated carbocycles. The Kier molecular flexibility index (Phi) is 4.77. The van der Waals surface area contributed by atoms with Gasteiger partial charge in [0.2, 0.25) is 0 Å². The second kappa shape index (κ2) is 6.57. The summed E-state index contributed by atoms with van der Waals surface area (Å²) in [7, 11) is -1.84. The lowest BCUT2D eigenvalue weighted by molar-refractivity contribution is -0.0583. The number of aliphatic hydroxyl groups is 1.